The zero-order chi connectivity index (χ0) is 14.7. The standard InChI is InChI=1S/C17H25N3O.ClH/c18-16-7-2-1-5-13(16)11-17(21)20(15-8-9-15)12-14-6-3-4-10-19-14;/h3-4,6,10,13,15-16H,1-2,5,7-9,11-12,18H2;1H. The number of hydrogen-bond donors (Lipinski definition) is 1. The van der Waals surface area contributed by atoms with E-state index in [-0.39, 0.29) is 24.4 Å². The molecule has 0 bridgehead atoms. The lowest BCUT2D eigenvalue weighted by Crippen LogP contribution is -2.39. The molecular weight excluding hydrogens is 298 g/mol. The Labute approximate surface area is 138 Å². The first-order chi connectivity index (χ1) is 10.2. The molecule has 1 aromatic rings. The first-order valence-corrected chi connectivity index (χ1v) is 8.19. The van der Waals surface area contributed by atoms with Crippen molar-refractivity contribution in [3.8, 4) is 0 Å². The normalized spacial score (nSPS) is 24.4. The SMILES string of the molecule is Cl.NC1CCCCC1CC(=O)N(Cc1ccccn1)C1CC1. The highest BCUT2D eigenvalue weighted by atomic mass is 35.5. The van der Waals surface area contributed by atoms with Gasteiger partial charge in [-0.05, 0) is 43.7 Å². The summed E-state index contributed by atoms with van der Waals surface area (Å²) < 4.78 is 0. The summed E-state index contributed by atoms with van der Waals surface area (Å²) in [5.41, 5.74) is 7.17. The van der Waals surface area contributed by atoms with E-state index in [2.05, 4.69) is 4.98 Å². The second kappa shape index (κ2) is 7.93. The summed E-state index contributed by atoms with van der Waals surface area (Å²) in [5.74, 6) is 0.640. The van der Waals surface area contributed by atoms with Crippen molar-refractivity contribution >= 4 is 18.3 Å². The molecule has 0 aromatic carbocycles. The summed E-state index contributed by atoms with van der Waals surface area (Å²) in [6.45, 7) is 0.645. The van der Waals surface area contributed by atoms with Crippen LogP contribution in [-0.2, 0) is 11.3 Å². The van der Waals surface area contributed by atoms with Gasteiger partial charge in [-0.25, -0.2) is 0 Å². The number of rotatable bonds is 5. The van der Waals surface area contributed by atoms with Crippen LogP contribution in [0.4, 0.5) is 0 Å². The average molecular weight is 324 g/mol. The van der Waals surface area contributed by atoms with Gasteiger partial charge in [0, 0.05) is 24.7 Å². The van der Waals surface area contributed by atoms with Crippen molar-refractivity contribution in [2.24, 2.45) is 11.7 Å². The number of nitrogens with zero attached hydrogens (tertiary/aromatic N) is 2. The summed E-state index contributed by atoms with van der Waals surface area (Å²) in [6, 6.07) is 6.52. The number of carbonyl (C=O) groups excluding carboxylic acids is 1. The quantitative estimate of drug-likeness (QED) is 0.906. The summed E-state index contributed by atoms with van der Waals surface area (Å²) >= 11 is 0. The van der Waals surface area contributed by atoms with E-state index in [1.54, 1.807) is 6.20 Å². The van der Waals surface area contributed by atoms with Crippen molar-refractivity contribution in [3.05, 3.63) is 30.1 Å². The maximum atomic E-state index is 12.7. The van der Waals surface area contributed by atoms with E-state index in [9.17, 15) is 4.79 Å². The zero-order valence-corrected chi connectivity index (χ0v) is 13.8. The first-order valence-electron chi connectivity index (χ1n) is 8.19. The smallest absolute Gasteiger partial charge is 0.223 e. The number of amides is 1. The van der Waals surface area contributed by atoms with Crippen LogP contribution < -0.4 is 5.73 Å². The molecule has 4 nitrogen and oxygen atoms in total. The second-order valence-corrected chi connectivity index (χ2v) is 6.49. The molecule has 2 saturated carbocycles. The third-order valence-corrected chi connectivity index (χ3v) is 4.77. The number of aromatic nitrogens is 1. The molecule has 1 aromatic heterocycles. The van der Waals surface area contributed by atoms with Gasteiger partial charge in [0.1, 0.15) is 0 Å². The molecule has 0 spiro atoms. The molecule has 2 unspecified atom stereocenters. The fourth-order valence-corrected chi connectivity index (χ4v) is 3.30. The third kappa shape index (κ3) is 4.43. The van der Waals surface area contributed by atoms with Crippen molar-refractivity contribution in [3.63, 3.8) is 0 Å². The number of nitrogens with two attached hydrogens (primary N) is 1. The molecule has 5 heteroatoms. The molecule has 3 rings (SSSR count). The van der Waals surface area contributed by atoms with Gasteiger partial charge in [0.15, 0.2) is 0 Å². The fraction of sp³-hybridized carbons (Fsp3) is 0.647. The maximum Gasteiger partial charge on any atom is 0.223 e. The lowest BCUT2D eigenvalue weighted by atomic mass is 9.82. The monoisotopic (exact) mass is 323 g/mol. The van der Waals surface area contributed by atoms with Crippen molar-refractivity contribution in [2.45, 2.75) is 63.6 Å². The van der Waals surface area contributed by atoms with Crippen LogP contribution in [0.5, 0.6) is 0 Å². The average Bonchev–Trinajstić information content (AvgIpc) is 3.33. The molecule has 2 aliphatic carbocycles. The van der Waals surface area contributed by atoms with Crippen LogP contribution in [0.1, 0.15) is 50.6 Å². The lowest BCUT2D eigenvalue weighted by Gasteiger charge is -2.30. The number of halogens is 1. The fourth-order valence-electron chi connectivity index (χ4n) is 3.30. The van der Waals surface area contributed by atoms with Crippen LogP contribution in [-0.4, -0.2) is 27.9 Å². The summed E-state index contributed by atoms with van der Waals surface area (Å²) in [7, 11) is 0. The highest BCUT2D eigenvalue weighted by Gasteiger charge is 2.34. The first kappa shape index (κ1) is 17.2. The predicted molar refractivity (Wildman–Crippen MR) is 89.6 cm³/mol. The molecule has 2 atom stereocenters. The Bertz CT molecular complexity index is 478. The van der Waals surface area contributed by atoms with E-state index in [0.29, 0.717) is 24.9 Å². The highest BCUT2D eigenvalue weighted by molar-refractivity contribution is 5.85. The largest absolute Gasteiger partial charge is 0.334 e. The summed E-state index contributed by atoms with van der Waals surface area (Å²) in [5, 5.41) is 0. The molecule has 2 fully saturated rings. The number of pyridine rings is 1. The minimum atomic E-state index is 0. The Morgan fingerprint density at radius 3 is 2.64 bits per heavy atom. The van der Waals surface area contributed by atoms with Crippen LogP contribution in [0, 0.1) is 5.92 Å². The molecule has 0 radical (unpaired) electrons. The third-order valence-electron chi connectivity index (χ3n) is 4.77. The van der Waals surface area contributed by atoms with Gasteiger partial charge < -0.3 is 10.6 Å². The maximum absolute atomic E-state index is 12.7. The van der Waals surface area contributed by atoms with Crippen LogP contribution in [0.3, 0.4) is 0 Å². The van der Waals surface area contributed by atoms with Gasteiger partial charge in [-0.2, -0.15) is 0 Å². The van der Waals surface area contributed by atoms with Crippen molar-refractivity contribution < 1.29 is 4.79 Å². The van der Waals surface area contributed by atoms with Crippen LogP contribution in [0.15, 0.2) is 24.4 Å². The van der Waals surface area contributed by atoms with Gasteiger partial charge in [0.05, 0.1) is 12.2 Å². The minimum absolute atomic E-state index is 0. The second-order valence-electron chi connectivity index (χ2n) is 6.49. The van der Waals surface area contributed by atoms with E-state index >= 15 is 0 Å². The van der Waals surface area contributed by atoms with E-state index in [1.807, 2.05) is 23.1 Å². The van der Waals surface area contributed by atoms with Crippen LogP contribution in [0.25, 0.3) is 0 Å². The van der Waals surface area contributed by atoms with Crippen molar-refractivity contribution in [1.29, 1.82) is 0 Å². The van der Waals surface area contributed by atoms with Gasteiger partial charge >= 0.3 is 0 Å². The molecule has 0 saturated heterocycles. The highest BCUT2D eigenvalue weighted by Crippen LogP contribution is 2.31. The zero-order valence-electron chi connectivity index (χ0n) is 13.0. The Hall–Kier alpha value is -1.13. The van der Waals surface area contributed by atoms with Crippen molar-refractivity contribution in [2.75, 3.05) is 0 Å². The van der Waals surface area contributed by atoms with Crippen LogP contribution in [0.2, 0.25) is 0 Å². The molecule has 22 heavy (non-hydrogen) atoms. The van der Waals surface area contributed by atoms with Gasteiger partial charge in [-0.15, -0.1) is 12.4 Å². The Kier molecular flexibility index (Phi) is 6.21. The molecule has 122 valence electrons. The molecule has 0 aliphatic heterocycles. The topological polar surface area (TPSA) is 59.2 Å². The van der Waals surface area contributed by atoms with Crippen molar-refractivity contribution in [1.82, 2.24) is 9.88 Å². The Morgan fingerprint density at radius 2 is 2.00 bits per heavy atom. The minimum Gasteiger partial charge on any atom is -0.334 e. The lowest BCUT2D eigenvalue weighted by molar-refractivity contribution is -0.133. The van der Waals surface area contributed by atoms with Gasteiger partial charge in [-0.1, -0.05) is 18.9 Å². The van der Waals surface area contributed by atoms with E-state index in [1.165, 1.54) is 12.8 Å². The summed E-state index contributed by atoms with van der Waals surface area (Å²) in [4.78, 5) is 19.1. The van der Waals surface area contributed by atoms with E-state index in [0.717, 1.165) is 31.4 Å². The molecule has 1 amide bonds. The van der Waals surface area contributed by atoms with Gasteiger partial charge in [0.25, 0.3) is 0 Å². The van der Waals surface area contributed by atoms with E-state index in [4.69, 9.17) is 5.73 Å². The molecule has 2 N–H and O–H groups in total. The van der Waals surface area contributed by atoms with Gasteiger partial charge in [0.2, 0.25) is 5.91 Å². The summed E-state index contributed by atoms with van der Waals surface area (Å²) in [6.07, 6.45) is 9.29. The Morgan fingerprint density at radius 1 is 1.23 bits per heavy atom. The molecule has 2 aliphatic rings. The van der Waals surface area contributed by atoms with Crippen LogP contribution >= 0.6 is 12.4 Å². The Balaban J connectivity index is 0.00000176. The molecular formula is C17H26ClN3O. The number of hydrogen-bond acceptors (Lipinski definition) is 3. The van der Waals surface area contributed by atoms with Gasteiger partial charge in [-0.3, -0.25) is 9.78 Å². The molecule has 1 heterocycles. The predicted octanol–water partition coefficient (Wildman–Crippen LogP) is 2.90. The van der Waals surface area contributed by atoms with E-state index < -0.39 is 0 Å². The number of carbonyl (C=O) groups is 1.